The van der Waals surface area contributed by atoms with E-state index in [1.165, 1.54) is 109 Å². The number of rotatable bonds is 21. The lowest BCUT2D eigenvalue weighted by Crippen LogP contribution is -2.08. The first-order chi connectivity index (χ1) is 12.7. The molecule has 0 aromatic rings. The van der Waals surface area contributed by atoms with Crippen molar-refractivity contribution in [2.75, 3.05) is 0 Å². The van der Waals surface area contributed by atoms with Crippen LogP contribution in [0.5, 0.6) is 0 Å². The second kappa shape index (κ2) is 20.8. The van der Waals surface area contributed by atoms with Crippen molar-refractivity contribution in [1.82, 2.24) is 0 Å². The summed E-state index contributed by atoms with van der Waals surface area (Å²) in [6, 6.07) is 0. The van der Waals surface area contributed by atoms with Gasteiger partial charge < -0.3 is 5.11 Å². The van der Waals surface area contributed by atoms with E-state index >= 15 is 0 Å². The van der Waals surface area contributed by atoms with Crippen molar-refractivity contribution in [3.8, 4) is 0 Å². The van der Waals surface area contributed by atoms with Crippen molar-refractivity contribution in [1.29, 1.82) is 0 Å². The normalized spacial score (nSPS) is 12.4. The number of unbranched alkanes of at least 4 members (excludes halogenated alkanes) is 15. The van der Waals surface area contributed by atoms with Crippen molar-refractivity contribution in [3.63, 3.8) is 0 Å². The van der Waals surface area contributed by atoms with Crippen LogP contribution in [0.25, 0.3) is 0 Å². The standard InChI is InChI=1S/C24H48O2/c1-3-5-7-9-11-12-13-15-17-19-21-23(22-24(25)26)20-18-16-14-10-8-6-4-2/h23H,3-22H2,1-2H3,(H,25,26). The zero-order chi connectivity index (χ0) is 19.3. The third-order valence-corrected chi connectivity index (χ3v) is 5.65. The van der Waals surface area contributed by atoms with Gasteiger partial charge in [-0.05, 0) is 18.8 Å². The topological polar surface area (TPSA) is 37.3 Å². The van der Waals surface area contributed by atoms with Gasteiger partial charge in [-0.3, -0.25) is 4.79 Å². The molecular formula is C24H48O2. The van der Waals surface area contributed by atoms with Crippen LogP contribution in [-0.2, 0) is 4.79 Å². The number of hydrogen-bond donors (Lipinski definition) is 1. The minimum Gasteiger partial charge on any atom is -0.481 e. The first-order valence-corrected chi connectivity index (χ1v) is 11.9. The number of carboxylic acids is 1. The van der Waals surface area contributed by atoms with Crippen LogP contribution in [0, 0.1) is 5.92 Å². The number of carboxylic acid groups (broad SMARTS) is 1. The molecule has 0 saturated carbocycles. The Morgan fingerprint density at radius 2 is 0.885 bits per heavy atom. The fraction of sp³-hybridized carbons (Fsp3) is 0.958. The molecule has 0 amide bonds. The van der Waals surface area contributed by atoms with Gasteiger partial charge in [0, 0.05) is 6.42 Å². The fourth-order valence-electron chi connectivity index (χ4n) is 3.91. The largest absolute Gasteiger partial charge is 0.481 e. The maximum absolute atomic E-state index is 11.1. The first kappa shape index (κ1) is 25.5. The highest BCUT2D eigenvalue weighted by Gasteiger charge is 2.12. The van der Waals surface area contributed by atoms with Gasteiger partial charge in [0.2, 0.25) is 0 Å². The van der Waals surface area contributed by atoms with E-state index in [1.54, 1.807) is 0 Å². The third-order valence-electron chi connectivity index (χ3n) is 5.65. The average molecular weight is 369 g/mol. The second-order valence-electron chi connectivity index (χ2n) is 8.34. The second-order valence-corrected chi connectivity index (χ2v) is 8.34. The van der Waals surface area contributed by atoms with Gasteiger partial charge in [-0.2, -0.15) is 0 Å². The van der Waals surface area contributed by atoms with E-state index < -0.39 is 5.97 Å². The molecule has 0 aliphatic heterocycles. The van der Waals surface area contributed by atoms with Crippen LogP contribution in [-0.4, -0.2) is 11.1 Å². The molecule has 0 saturated heterocycles. The maximum atomic E-state index is 11.1. The molecule has 0 fully saturated rings. The summed E-state index contributed by atoms with van der Waals surface area (Å²) in [7, 11) is 0. The van der Waals surface area contributed by atoms with Crippen LogP contribution in [0.15, 0.2) is 0 Å². The third kappa shape index (κ3) is 19.8. The quantitative estimate of drug-likeness (QED) is 0.206. The van der Waals surface area contributed by atoms with E-state index in [2.05, 4.69) is 13.8 Å². The van der Waals surface area contributed by atoms with Gasteiger partial charge in [-0.1, -0.05) is 123 Å². The molecule has 1 unspecified atom stereocenters. The average Bonchev–Trinajstić information content (AvgIpc) is 2.61. The van der Waals surface area contributed by atoms with E-state index in [4.69, 9.17) is 5.11 Å². The molecule has 0 aromatic carbocycles. The molecule has 0 aliphatic carbocycles. The molecule has 0 spiro atoms. The Hall–Kier alpha value is -0.530. The van der Waals surface area contributed by atoms with E-state index in [-0.39, 0.29) is 0 Å². The lowest BCUT2D eigenvalue weighted by Gasteiger charge is -2.14. The zero-order valence-electron chi connectivity index (χ0n) is 18.1. The van der Waals surface area contributed by atoms with Crippen LogP contribution < -0.4 is 0 Å². The number of hydrogen-bond acceptors (Lipinski definition) is 1. The van der Waals surface area contributed by atoms with Crippen molar-refractivity contribution in [3.05, 3.63) is 0 Å². The Bertz CT molecular complexity index is 288. The molecule has 0 aromatic heterocycles. The number of carbonyl (C=O) groups is 1. The summed E-state index contributed by atoms with van der Waals surface area (Å²) in [5.74, 6) is -0.192. The molecule has 26 heavy (non-hydrogen) atoms. The summed E-state index contributed by atoms with van der Waals surface area (Å²) in [5, 5.41) is 9.15. The maximum Gasteiger partial charge on any atom is 0.303 e. The predicted octanol–water partition coefficient (Wildman–Crippen LogP) is 8.53. The summed E-state index contributed by atoms with van der Waals surface area (Å²) in [6.45, 7) is 4.52. The molecule has 0 heterocycles. The predicted molar refractivity (Wildman–Crippen MR) is 115 cm³/mol. The summed E-state index contributed by atoms with van der Waals surface area (Å²) in [4.78, 5) is 11.1. The highest BCUT2D eigenvalue weighted by molar-refractivity contribution is 5.66. The fourth-order valence-corrected chi connectivity index (χ4v) is 3.91. The summed E-state index contributed by atoms with van der Waals surface area (Å²) >= 11 is 0. The van der Waals surface area contributed by atoms with Gasteiger partial charge in [0.05, 0.1) is 0 Å². The Morgan fingerprint density at radius 3 is 1.19 bits per heavy atom. The van der Waals surface area contributed by atoms with E-state index in [0.717, 1.165) is 12.8 Å². The van der Waals surface area contributed by atoms with Crippen molar-refractivity contribution in [2.45, 2.75) is 142 Å². The lowest BCUT2D eigenvalue weighted by atomic mass is 9.91. The summed E-state index contributed by atoms with van der Waals surface area (Å²) < 4.78 is 0. The van der Waals surface area contributed by atoms with Crippen molar-refractivity contribution in [2.24, 2.45) is 5.92 Å². The Kier molecular flexibility index (Phi) is 20.4. The SMILES string of the molecule is CCCCCCCCCCCCC(CCCCCCCCC)CC(=O)O. The molecule has 1 atom stereocenters. The smallest absolute Gasteiger partial charge is 0.303 e. The van der Waals surface area contributed by atoms with Crippen LogP contribution in [0.3, 0.4) is 0 Å². The van der Waals surface area contributed by atoms with Gasteiger partial charge in [0.1, 0.15) is 0 Å². The highest BCUT2D eigenvalue weighted by atomic mass is 16.4. The highest BCUT2D eigenvalue weighted by Crippen LogP contribution is 2.22. The molecule has 0 radical (unpaired) electrons. The molecule has 2 heteroatoms. The van der Waals surface area contributed by atoms with E-state index in [1.807, 2.05) is 0 Å². The van der Waals surface area contributed by atoms with Crippen LogP contribution in [0.2, 0.25) is 0 Å². The Morgan fingerprint density at radius 1 is 0.577 bits per heavy atom. The molecule has 0 rings (SSSR count). The molecule has 0 aliphatic rings. The van der Waals surface area contributed by atoms with E-state index in [9.17, 15) is 4.79 Å². The zero-order valence-corrected chi connectivity index (χ0v) is 18.1. The van der Waals surface area contributed by atoms with Crippen LogP contribution in [0.4, 0.5) is 0 Å². The van der Waals surface area contributed by atoms with Crippen LogP contribution in [0.1, 0.15) is 142 Å². The minimum absolute atomic E-state index is 0.382. The van der Waals surface area contributed by atoms with Gasteiger partial charge in [0.15, 0.2) is 0 Å². The van der Waals surface area contributed by atoms with E-state index in [0.29, 0.717) is 12.3 Å². The molecule has 156 valence electrons. The van der Waals surface area contributed by atoms with Crippen LogP contribution >= 0.6 is 0 Å². The van der Waals surface area contributed by atoms with Gasteiger partial charge in [0.25, 0.3) is 0 Å². The molecule has 0 bridgehead atoms. The first-order valence-electron chi connectivity index (χ1n) is 11.9. The van der Waals surface area contributed by atoms with Crippen molar-refractivity contribution < 1.29 is 9.90 Å². The molecular weight excluding hydrogens is 320 g/mol. The molecule has 2 nitrogen and oxygen atoms in total. The van der Waals surface area contributed by atoms with Gasteiger partial charge in [-0.15, -0.1) is 0 Å². The van der Waals surface area contributed by atoms with Gasteiger partial charge >= 0.3 is 5.97 Å². The summed E-state index contributed by atoms with van der Waals surface area (Å²) in [6.07, 6.45) is 25.4. The Balaban J connectivity index is 3.57. The monoisotopic (exact) mass is 368 g/mol. The minimum atomic E-state index is -0.606. The number of aliphatic carboxylic acids is 1. The van der Waals surface area contributed by atoms with Gasteiger partial charge in [-0.25, -0.2) is 0 Å². The van der Waals surface area contributed by atoms with Crippen molar-refractivity contribution >= 4 is 5.97 Å². The summed E-state index contributed by atoms with van der Waals surface area (Å²) in [5.41, 5.74) is 0. The lowest BCUT2D eigenvalue weighted by molar-refractivity contribution is -0.138. The molecule has 1 N–H and O–H groups in total. The Labute approximate surface area is 164 Å².